The Bertz CT molecular complexity index is 331. The van der Waals surface area contributed by atoms with Crippen molar-refractivity contribution >= 4 is 23.8 Å². The van der Waals surface area contributed by atoms with Crippen LogP contribution in [0.25, 0.3) is 0 Å². The molecule has 7 heteroatoms. The fraction of sp³-hybridized carbons (Fsp3) is 0.556. The van der Waals surface area contributed by atoms with E-state index >= 15 is 0 Å². The van der Waals surface area contributed by atoms with Crippen molar-refractivity contribution in [2.75, 3.05) is 6.54 Å². The minimum Gasteiger partial charge on any atom is -0.352 e. The van der Waals surface area contributed by atoms with Crippen molar-refractivity contribution in [2.24, 2.45) is 0 Å². The molecule has 88 valence electrons. The quantitative estimate of drug-likeness (QED) is 0.603. The van der Waals surface area contributed by atoms with Gasteiger partial charge in [-0.15, -0.1) is 0 Å². The number of hydrogen-bond acceptors (Lipinski definition) is 4. The third-order valence-electron chi connectivity index (χ3n) is 1.86. The molecule has 0 aliphatic carbocycles. The van der Waals surface area contributed by atoms with Crippen LogP contribution in [0.4, 0.5) is 4.79 Å². The zero-order chi connectivity index (χ0) is 12.3. The molecule has 0 unspecified atom stereocenters. The Hall–Kier alpha value is -1.92. The van der Waals surface area contributed by atoms with Gasteiger partial charge in [-0.3, -0.25) is 24.6 Å². The van der Waals surface area contributed by atoms with Gasteiger partial charge in [0.25, 0.3) is 0 Å². The Morgan fingerprint density at radius 1 is 1.44 bits per heavy atom. The molecule has 1 aliphatic heterocycles. The lowest BCUT2D eigenvalue weighted by Gasteiger charge is -2.24. The highest BCUT2D eigenvalue weighted by Gasteiger charge is 2.32. The summed E-state index contributed by atoms with van der Waals surface area (Å²) >= 11 is 0. The van der Waals surface area contributed by atoms with E-state index in [9.17, 15) is 19.2 Å². The van der Waals surface area contributed by atoms with E-state index < -0.39 is 30.2 Å². The molecule has 1 aliphatic rings. The Balaban J connectivity index is 2.59. The summed E-state index contributed by atoms with van der Waals surface area (Å²) in [5, 5.41) is 4.51. The molecule has 1 heterocycles. The lowest BCUT2D eigenvalue weighted by atomic mass is 10.3. The van der Waals surface area contributed by atoms with E-state index in [0.29, 0.717) is 0 Å². The number of nitrogens with one attached hydrogen (secondary N) is 2. The molecule has 0 saturated carbocycles. The zero-order valence-corrected chi connectivity index (χ0v) is 9.07. The highest BCUT2D eigenvalue weighted by atomic mass is 16.2. The van der Waals surface area contributed by atoms with Gasteiger partial charge >= 0.3 is 6.03 Å². The molecule has 0 aromatic rings. The Morgan fingerprint density at radius 3 is 2.56 bits per heavy atom. The number of nitrogens with zero attached hydrogens (tertiary/aromatic N) is 1. The molecule has 0 spiro atoms. The van der Waals surface area contributed by atoms with E-state index in [-0.39, 0.29) is 12.6 Å². The van der Waals surface area contributed by atoms with Gasteiger partial charge in [-0.1, -0.05) is 0 Å². The molecule has 7 nitrogen and oxygen atoms in total. The summed E-state index contributed by atoms with van der Waals surface area (Å²) in [6, 6.07) is -0.919. The Morgan fingerprint density at radius 2 is 2.06 bits per heavy atom. The summed E-state index contributed by atoms with van der Waals surface area (Å²) in [5.41, 5.74) is 0. The number of urea groups is 1. The van der Waals surface area contributed by atoms with Crippen LogP contribution in [0.1, 0.15) is 20.3 Å². The van der Waals surface area contributed by atoms with Gasteiger partial charge in [0.05, 0.1) is 0 Å². The molecule has 1 rings (SSSR count). The standard InChI is InChI=1S/C9H13N3O4/c1-5(2)10-7(14)4-12-8(15)3-6(13)11-9(12)16/h5H,3-4H2,1-2H3,(H,10,14)(H,11,13,16). The monoisotopic (exact) mass is 227 g/mol. The SMILES string of the molecule is CC(C)NC(=O)CN1C(=O)CC(=O)NC1=O. The topological polar surface area (TPSA) is 95.6 Å². The summed E-state index contributed by atoms with van der Waals surface area (Å²) in [6.07, 6.45) is -0.402. The summed E-state index contributed by atoms with van der Waals surface area (Å²) < 4.78 is 0. The smallest absolute Gasteiger partial charge is 0.331 e. The largest absolute Gasteiger partial charge is 0.352 e. The van der Waals surface area contributed by atoms with Gasteiger partial charge in [0, 0.05) is 6.04 Å². The van der Waals surface area contributed by atoms with E-state index in [1.807, 2.05) is 5.32 Å². The maximum Gasteiger partial charge on any atom is 0.331 e. The number of amides is 5. The number of hydrogen-bond donors (Lipinski definition) is 2. The van der Waals surface area contributed by atoms with Crippen molar-refractivity contribution < 1.29 is 19.2 Å². The summed E-state index contributed by atoms with van der Waals surface area (Å²) in [4.78, 5) is 45.4. The second-order valence-corrected chi connectivity index (χ2v) is 3.73. The zero-order valence-electron chi connectivity index (χ0n) is 9.07. The third kappa shape index (κ3) is 3.04. The van der Waals surface area contributed by atoms with Gasteiger partial charge in [-0.05, 0) is 13.8 Å². The molecule has 0 aromatic heterocycles. The van der Waals surface area contributed by atoms with Gasteiger partial charge in [-0.2, -0.15) is 0 Å². The predicted molar refractivity (Wildman–Crippen MR) is 53.1 cm³/mol. The molecule has 2 N–H and O–H groups in total. The van der Waals surface area contributed by atoms with Gasteiger partial charge in [0.15, 0.2) is 0 Å². The van der Waals surface area contributed by atoms with Crippen molar-refractivity contribution in [1.29, 1.82) is 0 Å². The molecule has 0 radical (unpaired) electrons. The first-order valence-corrected chi connectivity index (χ1v) is 4.83. The number of carbonyl (C=O) groups excluding carboxylic acids is 4. The summed E-state index contributed by atoms with van der Waals surface area (Å²) in [7, 11) is 0. The minimum atomic E-state index is -0.847. The molecule has 0 aromatic carbocycles. The maximum atomic E-state index is 11.3. The molecule has 16 heavy (non-hydrogen) atoms. The maximum absolute atomic E-state index is 11.3. The van der Waals surface area contributed by atoms with Crippen LogP contribution < -0.4 is 10.6 Å². The third-order valence-corrected chi connectivity index (χ3v) is 1.86. The van der Waals surface area contributed by atoms with Crippen LogP contribution in [0.2, 0.25) is 0 Å². The Labute approximate surface area is 92.2 Å². The van der Waals surface area contributed by atoms with Gasteiger partial charge in [-0.25, -0.2) is 4.79 Å². The first-order valence-electron chi connectivity index (χ1n) is 4.83. The van der Waals surface area contributed by atoms with Crippen LogP contribution in [0.15, 0.2) is 0 Å². The fourth-order valence-electron chi connectivity index (χ4n) is 1.25. The second kappa shape index (κ2) is 4.73. The Kier molecular flexibility index (Phi) is 3.60. The van der Waals surface area contributed by atoms with Crippen LogP contribution in [0.5, 0.6) is 0 Å². The van der Waals surface area contributed by atoms with Gasteiger partial charge < -0.3 is 5.32 Å². The number of rotatable bonds is 3. The lowest BCUT2D eigenvalue weighted by Crippen LogP contribution is -2.55. The minimum absolute atomic E-state index is 0.0721. The molecule has 0 atom stereocenters. The highest BCUT2D eigenvalue weighted by molar-refractivity contribution is 6.15. The molecular weight excluding hydrogens is 214 g/mol. The van der Waals surface area contributed by atoms with E-state index in [1.165, 1.54) is 0 Å². The van der Waals surface area contributed by atoms with Crippen molar-refractivity contribution in [3.63, 3.8) is 0 Å². The molecular formula is C9H13N3O4. The first-order chi connectivity index (χ1) is 7.40. The van der Waals surface area contributed by atoms with E-state index in [4.69, 9.17) is 0 Å². The van der Waals surface area contributed by atoms with Crippen molar-refractivity contribution in [3.05, 3.63) is 0 Å². The van der Waals surface area contributed by atoms with Gasteiger partial charge in [0.1, 0.15) is 13.0 Å². The van der Waals surface area contributed by atoms with Crippen molar-refractivity contribution in [3.8, 4) is 0 Å². The summed E-state index contributed by atoms with van der Waals surface area (Å²) in [6.45, 7) is 3.16. The van der Waals surface area contributed by atoms with Crippen LogP contribution in [0.3, 0.4) is 0 Å². The van der Waals surface area contributed by atoms with Crippen LogP contribution in [-0.2, 0) is 14.4 Å². The molecule has 0 bridgehead atoms. The number of carbonyl (C=O) groups is 4. The van der Waals surface area contributed by atoms with Crippen LogP contribution >= 0.6 is 0 Å². The van der Waals surface area contributed by atoms with Gasteiger partial charge in [0.2, 0.25) is 17.7 Å². The van der Waals surface area contributed by atoms with Crippen molar-refractivity contribution in [2.45, 2.75) is 26.3 Å². The fourth-order valence-corrected chi connectivity index (χ4v) is 1.25. The van der Waals surface area contributed by atoms with Crippen LogP contribution in [0, 0.1) is 0 Å². The highest BCUT2D eigenvalue weighted by Crippen LogP contribution is 2.02. The first kappa shape index (κ1) is 12.2. The van der Waals surface area contributed by atoms with E-state index in [2.05, 4.69) is 5.32 Å². The molecule has 1 fully saturated rings. The normalized spacial score (nSPS) is 16.4. The number of imide groups is 2. The van der Waals surface area contributed by atoms with E-state index in [0.717, 1.165) is 4.90 Å². The molecule has 1 saturated heterocycles. The van der Waals surface area contributed by atoms with Crippen LogP contribution in [-0.4, -0.2) is 41.2 Å². The van der Waals surface area contributed by atoms with Crippen molar-refractivity contribution in [1.82, 2.24) is 15.5 Å². The van der Waals surface area contributed by atoms with E-state index in [1.54, 1.807) is 13.8 Å². The second-order valence-electron chi connectivity index (χ2n) is 3.73. The predicted octanol–water partition coefficient (Wildman–Crippen LogP) is -1.02. The summed E-state index contributed by atoms with van der Waals surface area (Å²) in [5.74, 6) is -1.74. The average Bonchev–Trinajstić information content (AvgIpc) is 2.09. The number of barbiturate groups is 1. The average molecular weight is 227 g/mol. The molecule has 5 amide bonds. The lowest BCUT2D eigenvalue weighted by molar-refractivity contribution is -0.139.